The van der Waals surface area contributed by atoms with E-state index in [9.17, 15) is 19.5 Å². The summed E-state index contributed by atoms with van der Waals surface area (Å²) in [5.74, 6) is -0.360. The average Bonchev–Trinajstić information content (AvgIpc) is 3.54. The molecule has 2 aliphatic heterocycles. The molecule has 0 saturated carbocycles. The van der Waals surface area contributed by atoms with E-state index in [1.807, 2.05) is 60.7 Å². The monoisotopic (exact) mass is 603 g/mol. The molecule has 5 aromatic rings. The number of anilines is 1. The minimum absolute atomic E-state index is 0.116. The third kappa shape index (κ3) is 5.03. The van der Waals surface area contributed by atoms with Crippen LogP contribution in [0.5, 0.6) is 5.75 Å². The van der Waals surface area contributed by atoms with Gasteiger partial charge in [-0.05, 0) is 46.3 Å². The molecule has 7 rings (SSSR count). The van der Waals surface area contributed by atoms with Crippen molar-refractivity contribution in [3.8, 4) is 5.75 Å². The van der Waals surface area contributed by atoms with E-state index in [0.717, 1.165) is 27.6 Å². The van der Waals surface area contributed by atoms with Gasteiger partial charge in [0, 0.05) is 31.1 Å². The molecule has 2 atom stereocenters. The van der Waals surface area contributed by atoms with Gasteiger partial charge in [0.25, 0.3) is 5.91 Å². The number of pyridine rings is 1. The number of phenolic OH excluding ortho intramolecular Hbond substituents is 1. The molecule has 3 aromatic carbocycles. The number of nitrogens with one attached hydrogen (secondary N) is 1. The molecule has 2 unspecified atom stereocenters. The third-order valence-electron chi connectivity index (χ3n) is 8.22. The summed E-state index contributed by atoms with van der Waals surface area (Å²) in [7, 11) is 0. The van der Waals surface area contributed by atoms with Gasteiger partial charge in [-0.3, -0.25) is 19.5 Å². The Balaban J connectivity index is 1.28. The minimum Gasteiger partial charge on any atom is -0.508 e. The summed E-state index contributed by atoms with van der Waals surface area (Å²) in [6.45, 7) is 0.721. The van der Waals surface area contributed by atoms with Gasteiger partial charge in [0.15, 0.2) is 0 Å². The Labute approximate surface area is 258 Å². The molecule has 2 aromatic heterocycles. The highest BCUT2D eigenvalue weighted by atomic mass is 32.1. The molecule has 4 amide bonds. The van der Waals surface area contributed by atoms with Gasteiger partial charge >= 0.3 is 6.03 Å². The number of rotatable bonds is 6. The fourth-order valence-electron chi connectivity index (χ4n) is 6.11. The number of thiophene rings is 1. The first kappa shape index (κ1) is 27.6. The molecule has 0 bridgehead atoms. The van der Waals surface area contributed by atoms with Crippen LogP contribution in [-0.2, 0) is 24.3 Å². The number of carbonyl (C=O) groups is 3. The number of hydrogen-bond acceptors (Lipinski definition) is 6. The zero-order valence-electron chi connectivity index (χ0n) is 23.7. The van der Waals surface area contributed by atoms with Crippen molar-refractivity contribution < 1.29 is 19.5 Å². The molecule has 4 heterocycles. The van der Waals surface area contributed by atoms with Crippen LogP contribution < -0.4 is 10.2 Å². The Morgan fingerprint density at radius 3 is 2.55 bits per heavy atom. The van der Waals surface area contributed by atoms with Crippen LogP contribution in [0.1, 0.15) is 26.4 Å². The number of para-hydroxylation sites is 1. The molecule has 9 nitrogen and oxygen atoms in total. The Kier molecular flexibility index (Phi) is 7.19. The van der Waals surface area contributed by atoms with Crippen molar-refractivity contribution in [1.29, 1.82) is 0 Å². The number of benzene rings is 3. The number of phenols is 1. The largest absolute Gasteiger partial charge is 0.508 e. The third-order valence-corrected chi connectivity index (χ3v) is 9.11. The standard InChI is InChI=1S/C34H29N5O4S/c40-26-13-11-22(12-14-26)18-28-32(41)37(20-25-9-4-8-24-10-5-16-35-30(24)25)21-29-38(28)33(42)31-27(15-17-44-31)39(29)34(43)36-19-23-6-2-1-3-7-23/h1-17,28-29,40H,18-21H2,(H,36,43). The summed E-state index contributed by atoms with van der Waals surface area (Å²) in [5, 5.41) is 15.7. The normalized spacial score (nSPS) is 17.9. The Morgan fingerprint density at radius 1 is 0.932 bits per heavy atom. The Bertz CT molecular complexity index is 1850. The molecule has 2 aliphatic rings. The molecule has 2 N–H and O–H groups in total. The minimum atomic E-state index is -0.867. The van der Waals surface area contributed by atoms with E-state index in [1.165, 1.54) is 11.3 Å². The van der Waals surface area contributed by atoms with Gasteiger partial charge < -0.3 is 20.2 Å². The van der Waals surface area contributed by atoms with Crippen LogP contribution in [0.3, 0.4) is 0 Å². The van der Waals surface area contributed by atoms with Crippen LogP contribution in [0.4, 0.5) is 10.5 Å². The average molecular weight is 604 g/mol. The number of aromatic hydroxyl groups is 1. The lowest BCUT2D eigenvalue weighted by Crippen LogP contribution is -2.71. The number of aromatic nitrogens is 1. The van der Waals surface area contributed by atoms with Crippen LogP contribution in [-0.4, -0.2) is 56.5 Å². The van der Waals surface area contributed by atoms with E-state index in [-0.39, 0.29) is 43.1 Å². The van der Waals surface area contributed by atoms with Crippen molar-refractivity contribution in [1.82, 2.24) is 20.1 Å². The van der Waals surface area contributed by atoms with E-state index >= 15 is 0 Å². The van der Waals surface area contributed by atoms with Crippen LogP contribution in [0.15, 0.2) is 103 Å². The SMILES string of the molecule is O=C1C(Cc2ccc(O)cc2)N2C(=O)c3sccc3N(C(=O)NCc3ccccc3)C2CN1Cc1cccc2cccnc12. The van der Waals surface area contributed by atoms with Crippen molar-refractivity contribution in [2.24, 2.45) is 0 Å². The molecule has 1 fully saturated rings. The number of nitrogens with zero attached hydrogens (tertiary/aromatic N) is 4. The molecule has 44 heavy (non-hydrogen) atoms. The number of hydrogen-bond donors (Lipinski definition) is 2. The highest BCUT2D eigenvalue weighted by Gasteiger charge is 2.51. The lowest BCUT2D eigenvalue weighted by Gasteiger charge is -2.51. The van der Waals surface area contributed by atoms with Crippen molar-refractivity contribution >= 4 is 45.8 Å². The van der Waals surface area contributed by atoms with E-state index < -0.39 is 12.2 Å². The maximum absolute atomic E-state index is 14.3. The first-order chi connectivity index (χ1) is 21.5. The van der Waals surface area contributed by atoms with E-state index in [4.69, 9.17) is 0 Å². The van der Waals surface area contributed by atoms with Crippen LogP contribution in [0, 0.1) is 0 Å². The fourth-order valence-corrected chi connectivity index (χ4v) is 6.94. The smallest absolute Gasteiger partial charge is 0.323 e. The van der Waals surface area contributed by atoms with E-state index in [0.29, 0.717) is 17.1 Å². The maximum Gasteiger partial charge on any atom is 0.323 e. The Hall–Kier alpha value is -5.22. The van der Waals surface area contributed by atoms with Gasteiger partial charge in [0.05, 0.1) is 17.7 Å². The number of fused-ring (bicyclic) bond motifs is 3. The summed E-state index contributed by atoms with van der Waals surface area (Å²) < 4.78 is 0. The first-order valence-corrected chi connectivity index (χ1v) is 15.3. The van der Waals surface area contributed by atoms with Gasteiger partial charge in [-0.1, -0.05) is 66.7 Å². The fraction of sp³-hybridized carbons (Fsp3) is 0.176. The van der Waals surface area contributed by atoms with Gasteiger partial charge in [0.2, 0.25) is 5.91 Å². The first-order valence-electron chi connectivity index (χ1n) is 14.4. The molecular formula is C34H29N5O4S. The van der Waals surface area contributed by atoms with Gasteiger partial charge in [-0.15, -0.1) is 11.3 Å². The quantitative estimate of drug-likeness (QED) is 0.279. The molecule has 0 aliphatic carbocycles. The zero-order chi connectivity index (χ0) is 30.2. The van der Waals surface area contributed by atoms with Crippen LogP contribution in [0.25, 0.3) is 10.9 Å². The molecule has 1 saturated heterocycles. The summed E-state index contributed by atoms with van der Waals surface area (Å²) in [5.41, 5.74) is 3.96. The highest BCUT2D eigenvalue weighted by molar-refractivity contribution is 7.12. The van der Waals surface area contributed by atoms with Crippen molar-refractivity contribution in [3.05, 3.63) is 124 Å². The number of piperazine rings is 1. The zero-order valence-corrected chi connectivity index (χ0v) is 24.5. The van der Waals surface area contributed by atoms with Crippen molar-refractivity contribution in [2.45, 2.75) is 31.7 Å². The van der Waals surface area contributed by atoms with Crippen LogP contribution >= 0.6 is 11.3 Å². The lowest BCUT2D eigenvalue weighted by molar-refractivity contribution is -0.143. The van der Waals surface area contributed by atoms with E-state index in [1.54, 1.807) is 56.6 Å². The molecule has 220 valence electrons. The highest BCUT2D eigenvalue weighted by Crippen LogP contribution is 2.39. The number of carbonyl (C=O) groups excluding carboxylic acids is 3. The second-order valence-electron chi connectivity index (χ2n) is 10.9. The number of amides is 4. The van der Waals surface area contributed by atoms with Gasteiger partial charge in [0.1, 0.15) is 22.8 Å². The molecule has 0 spiro atoms. The summed E-state index contributed by atoms with van der Waals surface area (Å²) >= 11 is 1.26. The van der Waals surface area contributed by atoms with Gasteiger partial charge in [-0.2, -0.15) is 0 Å². The molecule has 0 radical (unpaired) electrons. The van der Waals surface area contributed by atoms with E-state index in [2.05, 4.69) is 10.3 Å². The second kappa shape index (κ2) is 11.5. The molecule has 10 heteroatoms. The second-order valence-corrected chi connectivity index (χ2v) is 11.9. The Morgan fingerprint density at radius 2 is 1.73 bits per heavy atom. The predicted octanol–water partition coefficient (Wildman–Crippen LogP) is 5.15. The topological polar surface area (TPSA) is 106 Å². The number of urea groups is 1. The predicted molar refractivity (Wildman–Crippen MR) is 168 cm³/mol. The summed E-state index contributed by atoms with van der Waals surface area (Å²) in [6, 6.07) is 26.6. The van der Waals surface area contributed by atoms with Crippen molar-refractivity contribution in [2.75, 3.05) is 11.4 Å². The summed E-state index contributed by atoms with van der Waals surface area (Å²) in [4.78, 5) is 52.3. The van der Waals surface area contributed by atoms with Crippen molar-refractivity contribution in [3.63, 3.8) is 0 Å². The maximum atomic E-state index is 14.3. The van der Waals surface area contributed by atoms with Gasteiger partial charge in [-0.25, -0.2) is 4.79 Å². The molecular weight excluding hydrogens is 574 g/mol. The summed E-state index contributed by atoms with van der Waals surface area (Å²) in [6.07, 6.45) is 1.23. The lowest BCUT2D eigenvalue weighted by atomic mass is 9.97. The van der Waals surface area contributed by atoms with Crippen LogP contribution in [0.2, 0.25) is 0 Å².